The van der Waals surface area contributed by atoms with Crippen LogP contribution in [0.2, 0.25) is 0 Å². The van der Waals surface area contributed by atoms with Crippen molar-refractivity contribution >= 4 is 22.7 Å². The van der Waals surface area contributed by atoms with E-state index in [0.717, 1.165) is 30.3 Å². The lowest BCUT2D eigenvalue weighted by Gasteiger charge is -2.24. The van der Waals surface area contributed by atoms with Crippen LogP contribution in [0.3, 0.4) is 0 Å². The SMILES string of the molecule is COC(=O)C1CCCN1c1cc(C#N)c2ccccc2n1. The molecule has 1 aliphatic heterocycles. The fourth-order valence-electron chi connectivity index (χ4n) is 2.82. The van der Waals surface area contributed by atoms with Crippen LogP contribution in [0.1, 0.15) is 18.4 Å². The molecule has 0 saturated carbocycles. The summed E-state index contributed by atoms with van der Waals surface area (Å²) >= 11 is 0. The quantitative estimate of drug-likeness (QED) is 0.790. The van der Waals surface area contributed by atoms with Gasteiger partial charge in [0.2, 0.25) is 0 Å². The zero-order chi connectivity index (χ0) is 14.8. The minimum absolute atomic E-state index is 0.249. The predicted molar refractivity (Wildman–Crippen MR) is 78.8 cm³/mol. The van der Waals surface area contributed by atoms with Crippen molar-refractivity contribution in [2.24, 2.45) is 0 Å². The molecule has 0 spiro atoms. The van der Waals surface area contributed by atoms with Crippen LogP contribution in [0.25, 0.3) is 10.9 Å². The molecule has 1 aromatic heterocycles. The van der Waals surface area contributed by atoms with Crippen molar-refractivity contribution in [2.75, 3.05) is 18.6 Å². The van der Waals surface area contributed by atoms with Gasteiger partial charge in [0.25, 0.3) is 0 Å². The van der Waals surface area contributed by atoms with E-state index in [4.69, 9.17) is 4.74 Å². The van der Waals surface area contributed by atoms with E-state index < -0.39 is 0 Å². The van der Waals surface area contributed by atoms with Crippen LogP contribution < -0.4 is 4.90 Å². The van der Waals surface area contributed by atoms with Crippen LogP contribution in [0.4, 0.5) is 5.82 Å². The summed E-state index contributed by atoms with van der Waals surface area (Å²) in [6, 6.07) is 11.2. The standard InChI is InChI=1S/C16H15N3O2/c1-21-16(20)14-7-4-8-19(14)15-9-11(10-17)12-5-2-3-6-13(12)18-15/h2-3,5-6,9,14H,4,7-8H2,1H3. The summed E-state index contributed by atoms with van der Waals surface area (Å²) in [5, 5.41) is 10.2. The van der Waals surface area contributed by atoms with Crippen molar-refractivity contribution in [3.05, 3.63) is 35.9 Å². The number of nitrogens with zero attached hydrogens (tertiary/aromatic N) is 3. The molecule has 0 aliphatic carbocycles. The highest BCUT2D eigenvalue weighted by Crippen LogP contribution is 2.28. The number of carbonyl (C=O) groups excluding carboxylic acids is 1. The van der Waals surface area contributed by atoms with E-state index in [2.05, 4.69) is 11.1 Å². The largest absolute Gasteiger partial charge is 0.467 e. The number of benzene rings is 1. The lowest BCUT2D eigenvalue weighted by Crippen LogP contribution is -2.37. The van der Waals surface area contributed by atoms with Crippen LogP contribution in [0.15, 0.2) is 30.3 Å². The molecule has 2 heterocycles. The van der Waals surface area contributed by atoms with Crippen molar-refractivity contribution in [3.8, 4) is 6.07 Å². The van der Waals surface area contributed by atoms with E-state index in [-0.39, 0.29) is 12.0 Å². The van der Waals surface area contributed by atoms with E-state index in [1.54, 1.807) is 6.07 Å². The first-order valence-corrected chi connectivity index (χ1v) is 6.89. The second-order valence-corrected chi connectivity index (χ2v) is 5.03. The molecule has 1 unspecified atom stereocenters. The Hall–Kier alpha value is -2.61. The number of anilines is 1. The summed E-state index contributed by atoms with van der Waals surface area (Å²) in [6.45, 7) is 0.746. The molecule has 1 atom stereocenters. The number of rotatable bonds is 2. The predicted octanol–water partition coefficient (Wildman–Crippen LogP) is 2.25. The summed E-state index contributed by atoms with van der Waals surface area (Å²) in [6.07, 6.45) is 1.67. The summed E-state index contributed by atoms with van der Waals surface area (Å²) in [5.41, 5.74) is 1.34. The number of methoxy groups -OCH3 is 1. The van der Waals surface area contributed by atoms with E-state index in [1.807, 2.05) is 29.2 Å². The van der Waals surface area contributed by atoms with Crippen molar-refractivity contribution in [1.29, 1.82) is 5.26 Å². The molecular formula is C16H15N3O2. The zero-order valence-electron chi connectivity index (χ0n) is 11.7. The van der Waals surface area contributed by atoms with Crippen molar-refractivity contribution in [3.63, 3.8) is 0 Å². The second-order valence-electron chi connectivity index (χ2n) is 5.03. The number of ether oxygens (including phenoxy) is 1. The van der Waals surface area contributed by atoms with E-state index in [1.165, 1.54) is 7.11 Å². The number of para-hydroxylation sites is 1. The first kappa shape index (κ1) is 13.4. The highest BCUT2D eigenvalue weighted by atomic mass is 16.5. The molecule has 5 nitrogen and oxygen atoms in total. The lowest BCUT2D eigenvalue weighted by atomic mass is 10.1. The number of hydrogen-bond donors (Lipinski definition) is 0. The fourth-order valence-corrected chi connectivity index (χ4v) is 2.82. The molecule has 0 amide bonds. The minimum atomic E-state index is -0.310. The Morgan fingerprint density at radius 1 is 1.48 bits per heavy atom. The van der Waals surface area contributed by atoms with Gasteiger partial charge in [0.1, 0.15) is 11.9 Å². The van der Waals surface area contributed by atoms with Crippen molar-refractivity contribution in [2.45, 2.75) is 18.9 Å². The van der Waals surface area contributed by atoms with Crippen LogP contribution in [0, 0.1) is 11.3 Å². The molecule has 106 valence electrons. The monoisotopic (exact) mass is 281 g/mol. The maximum absolute atomic E-state index is 11.9. The fraction of sp³-hybridized carbons (Fsp3) is 0.312. The van der Waals surface area contributed by atoms with Gasteiger partial charge in [-0.1, -0.05) is 18.2 Å². The molecule has 0 radical (unpaired) electrons. The highest BCUT2D eigenvalue weighted by molar-refractivity contribution is 5.87. The van der Waals surface area contributed by atoms with Crippen molar-refractivity contribution in [1.82, 2.24) is 4.98 Å². The van der Waals surface area contributed by atoms with Gasteiger partial charge in [-0.15, -0.1) is 0 Å². The third-order valence-electron chi connectivity index (χ3n) is 3.84. The Kier molecular flexibility index (Phi) is 3.44. The molecule has 3 rings (SSSR count). The highest BCUT2D eigenvalue weighted by Gasteiger charge is 2.32. The van der Waals surface area contributed by atoms with Crippen molar-refractivity contribution < 1.29 is 9.53 Å². The Morgan fingerprint density at radius 2 is 2.29 bits per heavy atom. The van der Waals surface area contributed by atoms with E-state index >= 15 is 0 Å². The number of carbonyl (C=O) groups is 1. The molecule has 2 aromatic rings. The number of fused-ring (bicyclic) bond motifs is 1. The average Bonchev–Trinajstić information content (AvgIpc) is 3.02. The zero-order valence-corrected chi connectivity index (χ0v) is 11.7. The van der Waals surface area contributed by atoms with Gasteiger partial charge in [0, 0.05) is 11.9 Å². The minimum Gasteiger partial charge on any atom is -0.467 e. The number of hydrogen-bond acceptors (Lipinski definition) is 5. The van der Waals surface area contributed by atoms with E-state index in [9.17, 15) is 10.1 Å². The Morgan fingerprint density at radius 3 is 3.05 bits per heavy atom. The number of esters is 1. The molecule has 5 heteroatoms. The number of aromatic nitrogens is 1. The molecule has 1 saturated heterocycles. The number of nitriles is 1. The van der Waals surface area contributed by atoms with Crippen LogP contribution in [-0.4, -0.2) is 30.6 Å². The van der Waals surface area contributed by atoms with Crippen LogP contribution in [0.5, 0.6) is 0 Å². The second kappa shape index (κ2) is 5.41. The van der Waals surface area contributed by atoms with Gasteiger partial charge >= 0.3 is 5.97 Å². The lowest BCUT2D eigenvalue weighted by molar-refractivity contribution is -0.141. The third-order valence-corrected chi connectivity index (χ3v) is 3.84. The van der Waals surface area contributed by atoms with Gasteiger partial charge in [-0.3, -0.25) is 0 Å². The molecule has 21 heavy (non-hydrogen) atoms. The smallest absolute Gasteiger partial charge is 0.328 e. The van der Waals surface area contributed by atoms with Crippen LogP contribution >= 0.6 is 0 Å². The molecule has 1 fully saturated rings. The van der Waals surface area contributed by atoms with Gasteiger partial charge in [0.15, 0.2) is 0 Å². The Bertz CT molecular complexity index is 736. The summed E-state index contributed by atoms with van der Waals surface area (Å²) in [4.78, 5) is 18.4. The first-order chi connectivity index (χ1) is 10.2. The maximum Gasteiger partial charge on any atom is 0.328 e. The van der Waals surface area contributed by atoms with Gasteiger partial charge in [0.05, 0.1) is 24.3 Å². The van der Waals surface area contributed by atoms with Gasteiger partial charge in [-0.25, -0.2) is 9.78 Å². The Labute approximate surface area is 122 Å². The summed E-state index contributed by atoms with van der Waals surface area (Å²) < 4.78 is 4.86. The molecule has 1 aromatic carbocycles. The summed E-state index contributed by atoms with van der Waals surface area (Å²) in [5.74, 6) is 0.416. The van der Waals surface area contributed by atoms with E-state index in [0.29, 0.717) is 11.4 Å². The van der Waals surface area contributed by atoms with Crippen LogP contribution in [-0.2, 0) is 9.53 Å². The third kappa shape index (κ3) is 2.29. The first-order valence-electron chi connectivity index (χ1n) is 6.89. The van der Waals surface area contributed by atoms with Gasteiger partial charge < -0.3 is 9.64 Å². The molecular weight excluding hydrogens is 266 g/mol. The Balaban J connectivity index is 2.08. The average molecular weight is 281 g/mol. The summed E-state index contributed by atoms with van der Waals surface area (Å²) in [7, 11) is 1.40. The number of pyridine rings is 1. The molecule has 0 N–H and O–H groups in total. The van der Waals surface area contributed by atoms with Gasteiger partial charge in [-0.2, -0.15) is 5.26 Å². The normalized spacial score (nSPS) is 17.7. The molecule has 1 aliphatic rings. The molecule has 0 bridgehead atoms. The maximum atomic E-state index is 11.9. The van der Waals surface area contributed by atoms with Gasteiger partial charge in [-0.05, 0) is 25.0 Å². The topological polar surface area (TPSA) is 66.2 Å².